The minimum absolute atomic E-state index is 0.104. The Labute approximate surface area is 200 Å². The predicted octanol–water partition coefficient (Wildman–Crippen LogP) is 3.46. The number of ether oxygens (including phenoxy) is 1. The van der Waals surface area contributed by atoms with Crippen molar-refractivity contribution in [3.05, 3.63) is 83.0 Å². The lowest BCUT2D eigenvalue weighted by molar-refractivity contribution is -0.148. The number of carbonyl (C=O) groups excluding carboxylic acids is 3. The summed E-state index contributed by atoms with van der Waals surface area (Å²) in [6.07, 6.45) is 0.129. The van der Waals surface area contributed by atoms with Gasteiger partial charge in [-0.25, -0.2) is 0 Å². The zero-order valence-electron chi connectivity index (χ0n) is 19.1. The molecule has 1 aliphatic heterocycles. The number of pyridine rings is 1. The molecule has 1 aromatic heterocycles. The number of hydrogen-bond acceptors (Lipinski definition) is 5. The largest absolute Gasteiger partial charge is 0.454 e. The molecule has 0 fully saturated rings. The Morgan fingerprint density at radius 3 is 2.20 bits per heavy atom. The summed E-state index contributed by atoms with van der Waals surface area (Å²) >= 11 is 0. The summed E-state index contributed by atoms with van der Waals surface area (Å²) in [4.78, 5) is 52.5. The van der Waals surface area contributed by atoms with Gasteiger partial charge in [0.25, 0.3) is 5.91 Å². The fourth-order valence-corrected chi connectivity index (χ4v) is 4.60. The van der Waals surface area contributed by atoms with E-state index in [0.717, 1.165) is 0 Å². The van der Waals surface area contributed by atoms with Gasteiger partial charge in [0.2, 0.25) is 5.91 Å². The molecular weight excluding hydrogens is 446 g/mol. The highest BCUT2D eigenvalue weighted by Crippen LogP contribution is 2.31. The van der Waals surface area contributed by atoms with Gasteiger partial charge in [0, 0.05) is 23.2 Å². The van der Waals surface area contributed by atoms with Crippen LogP contribution in [0, 0.1) is 0 Å². The van der Waals surface area contributed by atoms with E-state index in [0.29, 0.717) is 33.2 Å². The molecule has 1 unspecified atom stereocenters. The van der Waals surface area contributed by atoms with E-state index in [2.05, 4.69) is 5.32 Å². The lowest BCUT2D eigenvalue weighted by Crippen LogP contribution is -2.41. The first-order chi connectivity index (χ1) is 16.9. The van der Waals surface area contributed by atoms with Crippen LogP contribution in [-0.2, 0) is 25.7 Å². The van der Waals surface area contributed by atoms with E-state index >= 15 is 0 Å². The number of carbonyl (C=O) groups is 3. The molecular formula is C27H23N3O5. The number of hydrogen-bond donors (Lipinski definition) is 1. The summed E-state index contributed by atoms with van der Waals surface area (Å²) in [6.45, 7) is 1.14. The summed E-state index contributed by atoms with van der Waals surface area (Å²) in [5, 5.41) is 3.81. The Bertz CT molecular complexity index is 1480. The van der Waals surface area contributed by atoms with Crippen LogP contribution >= 0.6 is 0 Å². The van der Waals surface area contributed by atoms with E-state index in [1.54, 1.807) is 84.3 Å². The number of rotatable bonds is 4. The van der Waals surface area contributed by atoms with Gasteiger partial charge in [0.15, 0.2) is 12.0 Å². The number of aromatic nitrogens is 1. The first-order valence-corrected chi connectivity index (χ1v) is 11.3. The van der Waals surface area contributed by atoms with Crippen molar-refractivity contribution >= 4 is 51.0 Å². The third kappa shape index (κ3) is 4.14. The van der Waals surface area contributed by atoms with E-state index < -0.39 is 24.5 Å². The highest BCUT2D eigenvalue weighted by Gasteiger charge is 2.30. The summed E-state index contributed by atoms with van der Waals surface area (Å²) in [6, 6.07) is 20.8. The molecule has 176 valence electrons. The number of benzene rings is 3. The number of fused-ring (bicyclic) bond motifs is 3. The van der Waals surface area contributed by atoms with Gasteiger partial charge in [-0.15, -0.1) is 0 Å². The van der Waals surface area contributed by atoms with Crippen molar-refractivity contribution in [3.8, 4) is 0 Å². The number of nitrogens with one attached hydrogen (secondary N) is 1. The number of para-hydroxylation sites is 4. The summed E-state index contributed by atoms with van der Waals surface area (Å²) < 4.78 is 7.11. The summed E-state index contributed by atoms with van der Waals surface area (Å²) in [5.74, 6) is -1.22. The number of anilines is 2. The van der Waals surface area contributed by atoms with Crippen LogP contribution < -0.4 is 15.6 Å². The maximum atomic E-state index is 13.1. The van der Waals surface area contributed by atoms with Crippen molar-refractivity contribution in [2.75, 3.05) is 16.8 Å². The molecule has 8 heteroatoms. The molecule has 0 saturated carbocycles. The zero-order chi connectivity index (χ0) is 24.5. The fraction of sp³-hybridized carbons (Fsp3) is 0.185. The molecule has 2 amide bonds. The lowest BCUT2D eigenvalue weighted by atomic mass is 10.1. The van der Waals surface area contributed by atoms with Crippen LogP contribution in [0.4, 0.5) is 11.4 Å². The van der Waals surface area contributed by atoms with Crippen LogP contribution in [0.3, 0.4) is 0 Å². The van der Waals surface area contributed by atoms with Crippen molar-refractivity contribution in [1.82, 2.24) is 4.57 Å². The molecule has 3 aromatic carbocycles. The molecule has 35 heavy (non-hydrogen) atoms. The van der Waals surface area contributed by atoms with Gasteiger partial charge >= 0.3 is 5.97 Å². The average molecular weight is 469 g/mol. The van der Waals surface area contributed by atoms with Gasteiger partial charge in [0.05, 0.1) is 22.4 Å². The smallest absolute Gasteiger partial charge is 0.326 e. The first-order valence-electron chi connectivity index (χ1n) is 11.3. The fourth-order valence-electron chi connectivity index (χ4n) is 4.60. The molecule has 1 N–H and O–H groups in total. The van der Waals surface area contributed by atoms with Gasteiger partial charge < -0.3 is 19.5 Å². The third-order valence-corrected chi connectivity index (χ3v) is 6.15. The Kier molecular flexibility index (Phi) is 5.78. The third-order valence-electron chi connectivity index (χ3n) is 6.15. The van der Waals surface area contributed by atoms with E-state index in [1.807, 2.05) is 0 Å². The SMILES string of the molecule is CC1CC(=O)Nc2ccccc2N1C(=O)COC(=O)Cn1c2ccccc2c(=O)c2ccccc21. The Hall–Kier alpha value is -4.46. The Morgan fingerprint density at radius 2 is 1.51 bits per heavy atom. The Morgan fingerprint density at radius 1 is 0.914 bits per heavy atom. The minimum atomic E-state index is -0.609. The maximum absolute atomic E-state index is 13.1. The van der Waals surface area contributed by atoms with E-state index in [1.165, 1.54) is 4.90 Å². The molecule has 1 atom stereocenters. The highest BCUT2D eigenvalue weighted by molar-refractivity contribution is 6.05. The molecule has 8 nitrogen and oxygen atoms in total. The number of esters is 1. The van der Waals surface area contributed by atoms with Crippen LogP contribution in [0.15, 0.2) is 77.6 Å². The molecule has 0 radical (unpaired) electrons. The van der Waals surface area contributed by atoms with Crippen LogP contribution in [0.1, 0.15) is 13.3 Å². The first kappa shape index (κ1) is 22.3. The van der Waals surface area contributed by atoms with Crippen molar-refractivity contribution in [1.29, 1.82) is 0 Å². The van der Waals surface area contributed by atoms with E-state index in [9.17, 15) is 19.2 Å². The van der Waals surface area contributed by atoms with Crippen molar-refractivity contribution in [2.24, 2.45) is 0 Å². The lowest BCUT2D eigenvalue weighted by Gasteiger charge is -2.27. The summed E-state index contributed by atoms with van der Waals surface area (Å²) in [7, 11) is 0. The monoisotopic (exact) mass is 469 g/mol. The molecule has 0 aliphatic carbocycles. The van der Waals surface area contributed by atoms with Crippen LogP contribution in [-0.4, -0.2) is 35.0 Å². The van der Waals surface area contributed by atoms with Gasteiger partial charge in [-0.3, -0.25) is 19.2 Å². The number of nitrogens with zero attached hydrogens (tertiary/aromatic N) is 2. The normalized spacial score (nSPS) is 15.4. The number of amides is 2. The maximum Gasteiger partial charge on any atom is 0.326 e. The molecule has 2 heterocycles. The highest BCUT2D eigenvalue weighted by atomic mass is 16.5. The van der Waals surface area contributed by atoms with Crippen LogP contribution in [0.5, 0.6) is 0 Å². The topological polar surface area (TPSA) is 97.7 Å². The zero-order valence-corrected chi connectivity index (χ0v) is 19.1. The predicted molar refractivity (Wildman–Crippen MR) is 133 cm³/mol. The quantitative estimate of drug-likeness (QED) is 0.365. The van der Waals surface area contributed by atoms with Gasteiger partial charge in [-0.2, -0.15) is 0 Å². The molecule has 5 rings (SSSR count). The second kappa shape index (κ2) is 9.06. The minimum Gasteiger partial charge on any atom is -0.454 e. The molecule has 1 aliphatic rings. The molecule has 0 saturated heterocycles. The second-order valence-electron chi connectivity index (χ2n) is 8.49. The van der Waals surface area contributed by atoms with Gasteiger partial charge in [-0.05, 0) is 43.3 Å². The van der Waals surface area contributed by atoms with Crippen LogP contribution in [0.2, 0.25) is 0 Å². The molecule has 0 bridgehead atoms. The van der Waals surface area contributed by atoms with Crippen molar-refractivity contribution in [2.45, 2.75) is 25.9 Å². The van der Waals surface area contributed by atoms with E-state index in [4.69, 9.17) is 4.74 Å². The van der Waals surface area contributed by atoms with Gasteiger partial charge in [-0.1, -0.05) is 36.4 Å². The van der Waals surface area contributed by atoms with E-state index in [-0.39, 0.29) is 24.3 Å². The molecule has 0 spiro atoms. The van der Waals surface area contributed by atoms with Crippen molar-refractivity contribution < 1.29 is 19.1 Å². The van der Waals surface area contributed by atoms with Crippen LogP contribution in [0.25, 0.3) is 21.8 Å². The van der Waals surface area contributed by atoms with Gasteiger partial charge in [0.1, 0.15) is 6.54 Å². The second-order valence-corrected chi connectivity index (χ2v) is 8.49. The Balaban J connectivity index is 1.39. The summed E-state index contributed by atoms with van der Waals surface area (Å²) in [5.41, 5.74) is 2.21. The molecule has 4 aromatic rings. The standard InChI is InChI=1S/C27H23N3O5/c1-17-14-24(31)28-20-10-4-7-13-23(20)30(17)25(32)16-35-26(33)15-29-21-11-5-2-8-18(21)27(34)19-9-3-6-12-22(19)29/h2-13,17H,14-16H2,1H3,(H,28,31). The van der Waals surface area contributed by atoms with Crippen molar-refractivity contribution in [3.63, 3.8) is 0 Å². The average Bonchev–Trinajstić information content (AvgIpc) is 2.99.